The molecular weight excluding hydrogens is 296 g/mol. The summed E-state index contributed by atoms with van der Waals surface area (Å²) in [6.07, 6.45) is 1.92. The van der Waals surface area contributed by atoms with Crippen molar-refractivity contribution in [3.63, 3.8) is 0 Å². The molecule has 24 heavy (non-hydrogen) atoms. The van der Waals surface area contributed by atoms with Crippen LogP contribution in [-0.2, 0) is 11.3 Å². The lowest BCUT2D eigenvalue weighted by Gasteiger charge is -2.26. The number of hydrogen-bond acceptors (Lipinski definition) is 3. The molecule has 1 aromatic heterocycles. The number of aryl methyl sites for hydroxylation is 1. The molecule has 1 aliphatic heterocycles. The summed E-state index contributed by atoms with van der Waals surface area (Å²) in [5.74, 6) is 0. The summed E-state index contributed by atoms with van der Waals surface area (Å²) in [7, 11) is 0. The van der Waals surface area contributed by atoms with Gasteiger partial charge in [0.1, 0.15) is 0 Å². The van der Waals surface area contributed by atoms with E-state index in [1.807, 2.05) is 6.20 Å². The molecule has 0 radical (unpaired) electrons. The fourth-order valence-corrected chi connectivity index (χ4v) is 3.42. The van der Waals surface area contributed by atoms with Crippen LogP contribution in [0.5, 0.6) is 0 Å². The third kappa shape index (κ3) is 3.05. The van der Waals surface area contributed by atoms with Gasteiger partial charge in [-0.3, -0.25) is 9.88 Å². The number of fused-ring (bicyclic) bond motifs is 1. The van der Waals surface area contributed by atoms with E-state index in [1.54, 1.807) is 0 Å². The minimum atomic E-state index is 0.837. The minimum Gasteiger partial charge on any atom is -0.379 e. The van der Waals surface area contributed by atoms with Gasteiger partial charge in [0, 0.05) is 31.2 Å². The van der Waals surface area contributed by atoms with E-state index < -0.39 is 0 Å². The van der Waals surface area contributed by atoms with Gasteiger partial charge < -0.3 is 4.74 Å². The molecule has 2 aromatic carbocycles. The van der Waals surface area contributed by atoms with Gasteiger partial charge in [0.15, 0.2) is 0 Å². The van der Waals surface area contributed by atoms with Crippen LogP contribution >= 0.6 is 0 Å². The lowest BCUT2D eigenvalue weighted by atomic mass is 9.97. The van der Waals surface area contributed by atoms with Gasteiger partial charge >= 0.3 is 0 Å². The van der Waals surface area contributed by atoms with E-state index in [-0.39, 0.29) is 0 Å². The van der Waals surface area contributed by atoms with E-state index in [4.69, 9.17) is 4.74 Å². The smallest absolute Gasteiger partial charge is 0.0711 e. The summed E-state index contributed by atoms with van der Waals surface area (Å²) in [6.45, 7) is 6.82. The molecule has 3 nitrogen and oxygen atoms in total. The van der Waals surface area contributed by atoms with Gasteiger partial charge in [-0.1, -0.05) is 36.4 Å². The number of aromatic nitrogens is 1. The van der Waals surface area contributed by atoms with Crippen molar-refractivity contribution in [3.05, 3.63) is 65.9 Å². The van der Waals surface area contributed by atoms with Crippen molar-refractivity contribution in [2.24, 2.45) is 0 Å². The zero-order valence-electron chi connectivity index (χ0n) is 14.0. The summed E-state index contributed by atoms with van der Waals surface area (Å²) < 4.78 is 5.43. The van der Waals surface area contributed by atoms with Crippen LogP contribution in [0.2, 0.25) is 0 Å². The fraction of sp³-hybridized carbons (Fsp3) is 0.286. The Balaban J connectivity index is 1.70. The predicted octanol–water partition coefficient (Wildman–Crippen LogP) is 4.04. The Morgan fingerprint density at radius 3 is 2.67 bits per heavy atom. The number of benzene rings is 2. The molecule has 3 heteroatoms. The van der Waals surface area contributed by atoms with Crippen LogP contribution in [-0.4, -0.2) is 36.2 Å². The molecule has 0 spiro atoms. The average molecular weight is 318 g/mol. The van der Waals surface area contributed by atoms with Crippen molar-refractivity contribution in [1.29, 1.82) is 0 Å². The first-order valence-electron chi connectivity index (χ1n) is 8.55. The van der Waals surface area contributed by atoms with Crippen LogP contribution in [0.25, 0.3) is 22.0 Å². The number of morpholine rings is 1. The summed E-state index contributed by atoms with van der Waals surface area (Å²) in [5, 5.41) is 1.22. The first-order valence-corrected chi connectivity index (χ1v) is 8.55. The highest BCUT2D eigenvalue weighted by Gasteiger charge is 2.12. The third-order valence-corrected chi connectivity index (χ3v) is 4.75. The predicted molar refractivity (Wildman–Crippen MR) is 98.0 cm³/mol. The Hall–Kier alpha value is -2.23. The second-order valence-corrected chi connectivity index (χ2v) is 6.41. The van der Waals surface area contributed by atoms with Crippen molar-refractivity contribution in [2.45, 2.75) is 13.5 Å². The SMILES string of the molecule is Cc1ccccc1-c1ccnc2cc(CN3CCOCC3)ccc12. The van der Waals surface area contributed by atoms with E-state index in [0.29, 0.717) is 0 Å². The lowest BCUT2D eigenvalue weighted by molar-refractivity contribution is 0.0342. The molecule has 0 saturated carbocycles. The van der Waals surface area contributed by atoms with Gasteiger partial charge in [-0.2, -0.15) is 0 Å². The van der Waals surface area contributed by atoms with Crippen LogP contribution < -0.4 is 0 Å². The standard InChI is InChI=1S/C21H22N2O/c1-16-4-2-3-5-18(16)19-8-9-22-21-14-17(6-7-20(19)21)15-23-10-12-24-13-11-23/h2-9,14H,10-13,15H2,1H3. The Labute approximate surface area is 142 Å². The van der Waals surface area contributed by atoms with Crippen LogP contribution in [0, 0.1) is 6.92 Å². The Bertz CT molecular complexity index is 853. The molecule has 0 unspecified atom stereocenters. The first kappa shape index (κ1) is 15.3. The molecule has 4 rings (SSSR count). The highest BCUT2D eigenvalue weighted by molar-refractivity contribution is 5.95. The van der Waals surface area contributed by atoms with Crippen molar-refractivity contribution in [1.82, 2.24) is 9.88 Å². The van der Waals surface area contributed by atoms with Crippen LogP contribution in [0.4, 0.5) is 0 Å². The maximum Gasteiger partial charge on any atom is 0.0711 e. The topological polar surface area (TPSA) is 25.4 Å². The van der Waals surface area contributed by atoms with Crippen molar-refractivity contribution in [3.8, 4) is 11.1 Å². The number of ether oxygens (including phenoxy) is 1. The molecule has 0 bridgehead atoms. The van der Waals surface area contributed by atoms with Gasteiger partial charge in [0.2, 0.25) is 0 Å². The molecule has 0 atom stereocenters. The zero-order chi connectivity index (χ0) is 16.4. The molecule has 3 aromatic rings. The highest BCUT2D eigenvalue weighted by atomic mass is 16.5. The number of pyridine rings is 1. The van der Waals surface area contributed by atoms with E-state index in [2.05, 4.69) is 65.3 Å². The van der Waals surface area contributed by atoms with E-state index in [1.165, 1.54) is 27.6 Å². The Morgan fingerprint density at radius 2 is 1.83 bits per heavy atom. The number of nitrogens with zero attached hydrogens (tertiary/aromatic N) is 2. The summed E-state index contributed by atoms with van der Waals surface area (Å²) in [4.78, 5) is 7.05. The maximum absolute atomic E-state index is 5.43. The number of hydrogen-bond donors (Lipinski definition) is 0. The number of rotatable bonds is 3. The molecular formula is C21H22N2O. The van der Waals surface area contributed by atoms with Crippen molar-refractivity contribution >= 4 is 10.9 Å². The summed E-state index contributed by atoms with van der Waals surface area (Å²) in [6, 6.07) is 17.3. The molecule has 0 amide bonds. The highest BCUT2D eigenvalue weighted by Crippen LogP contribution is 2.30. The summed E-state index contributed by atoms with van der Waals surface area (Å²) >= 11 is 0. The lowest BCUT2D eigenvalue weighted by Crippen LogP contribution is -2.35. The monoisotopic (exact) mass is 318 g/mol. The third-order valence-electron chi connectivity index (χ3n) is 4.75. The van der Waals surface area contributed by atoms with Gasteiger partial charge in [-0.15, -0.1) is 0 Å². The average Bonchev–Trinajstić information content (AvgIpc) is 2.62. The van der Waals surface area contributed by atoms with Crippen molar-refractivity contribution in [2.75, 3.05) is 26.3 Å². The fourth-order valence-electron chi connectivity index (χ4n) is 3.42. The molecule has 0 aliphatic carbocycles. The second kappa shape index (κ2) is 6.71. The van der Waals surface area contributed by atoms with Crippen LogP contribution in [0.3, 0.4) is 0 Å². The van der Waals surface area contributed by atoms with E-state index in [9.17, 15) is 0 Å². The van der Waals surface area contributed by atoms with E-state index >= 15 is 0 Å². The molecule has 1 saturated heterocycles. The van der Waals surface area contributed by atoms with Crippen LogP contribution in [0.15, 0.2) is 54.7 Å². The van der Waals surface area contributed by atoms with Gasteiger partial charge in [-0.25, -0.2) is 0 Å². The quantitative estimate of drug-likeness (QED) is 0.729. The van der Waals surface area contributed by atoms with Gasteiger partial charge in [0.25, 0.3) is 0 Å². The molecule has 1 aliphatic rings. The molecule has 122 valence electrons. The summed E-state index contributed by atoms with van der Waals surface area (Å²) in [5.41, 5.74) is 6.23. The maximum atomic E-state index is 5.43. The van der Waals surface area contributed by atoms with Gasteiger partial charge in [0.05, 0.1) is 18.7 Å². The largest absolute Gasteiger partial charge is 0.379 e. The zero-order valence-corrected chi connectivity index (χ0v) is 14.0. The van der Waals surface area contributed by atoms with Gasteiger partial charge in [-0.05, 0) is 41.3 Å². The Kier molecular flexibility index (Phi) is 4.28. The van der Waals surface area contributed by atoms with Crippen LogP contribution in [0.1, 0.15) is 11.1 Å². The van der Waals surface area contributed by atoms with E-state index in [0.717, 1.165) is 38.4 Å². The first-order chi connectivity index (χ1) is 11.8. The molecule has 1 fully saturated rings. The molecule has 0 N–H and O–H groups in total. The molecule has 2 heterocycles. The van der Waals surface area contributed by atoms with Crippen molar-refractivity contribution < 1.29 is 4.74 Å². The second-order valence-electron chi connectivity index (χ2n) is 6.41. The minimum absolute atomic E-state index is 0.837. The Morgan fingerprint density at radius 1 is 1.00 bits per heavy atom. The normalized spacial score (nSPS) is 15.7.